The molecule has 0 saturated heterocycles. The Kier molecular flexibility index (Phi) is 9.52. The van der Waals surface area contributed by atoms with Gasteiger partial charge in [0.25, 0.3) is 0 Å². The fourth-order valence-corrected chi connectivity index (χ4v) is 5.21. The Labute approximate surface area is 189 Å². The molecule has 1 saturated carbocycles. The first-order valence-electron chi connectivity index (χ1n) is 12.5. The number of hydrogen-bond donors (Lipinski definition) is 0. The molecule has 1 fully saturated rings. The van der Waals surface area contributed by atoms with Crippen LogP contribution in [0.15, 0.2) is 64.8 Å². The van der Waals surface area contributed by atoms with Crippen molar-refractivity contribution in [3.63, 3.8) is 0 Å². The molecule has 1 unspecified atom stereocenters. The van der Waals surface area contributed by atoms with E-state index in [9.17, 15) is 0 Å². The summed E-state index contributed by atoms with van der Waals surface area (Å²) in [5, 5.41) is 9.32. The maximum absolute atomic E-state index is 4.78. The summed E-state index contributed by atoms with van der Waals surface area (Å²) in [6, 6.07) is 19.4. The van der Waals surface area contributed by atoms with Crippen LogP contribution in [0.25, 0.3) is 0 Å². The van der Waals surface area contributed by atoms with Crippen LogP contribution >= 0.6 is 0 Å². The minimum absolute atomic E-state index is 0.516. The molecule has 0 heterocycles. The summed E-state index contributed by atoms with van der Waals surface area (Å²) in [6.45, 7) is 6.91. The van der Waals surface area contributed by atoms with Gasteiger partial charge < -0.3 is 0 Å². The van der Waals surface area contributed by atoms with Gasteiger partial charge in [0.1, 0.15) is 0 Å². The Hall–Kier alpha value is -2.22. The van der Waals surface area contributed by atoms with Gasteiger partial charge in [-0.15, -0.1) is 0 Å². The molecule has 0 bridgehead atoms. The first-order chi connectivity index (χ1) is 15.2. The van der Waals surface area contributed by atoms with E-state index >= 15 is 0 Å². The summed E-state index contributed by atoms with van der Waals surface area (Å²) >= 11 is 0. The third kappa shape index (κ3) is 6.89. The van der Waals surface area contributed by atoms with E-state index in [2.05, 4.69) is 80.5 Å². The first-order valence-corrected chi connectivity index (χ1v) is 12.5. The van der Waals surface area contributed by atoms with Crippen molar-refractivity contribution < 1.29 is 0 Å². The Bertz CT molecular complexity index is 812. The molecule has 2 aromatic rings. The van der Waals surface area contributed by atoms with E-state index in [0.29, 0.717) is 5.92 Å². The van der Waals surface area contributed by atoms with Crippen molar-refractivity contribution in [2.24, 2.45) is 28.0 Å². The second kappa shape index (κ2) is 12.6. The summed E-state index contributed by atoms with van der Waals surface area (Å²) in [6.07, 6.45) is 13.4. The smallest absolute Gasteiger partial charge is 0.0733 e. The van der Waals surface area contributed by atoms with E-state index in [0.717, 1.165) is 23.8 Å². The van der Waals surface area contributed by atoms with Crippen LogP contribution in [-0.4, -0.2) is 11.9 Å². The molecule has 166 valence electrons. The van der Waals surface area contributed by atoms with Gasteiger partial charge in [0.05, 0.1) is 11.9 Å². The number of nitrogens with zero attached hydrogens (tertiary/aromatic N) is 2. The molecule has 2 aromatic carbocycles. The van der Waals surface area contributed by atoms with Gasteiger partial charge in [-0.05, 0) is 60.6 Å². The lowest BCUT2D eigenvalue weighted by Crippen LogP contribution is -2.26. The van der Waals surface area contributed by atoms with Gasteiger partial charge >= 0.3 is 0 Å². The van der Waals surface area contributed by atoms with Crippen LogP contribution in [0, 0.1) is 17.8 Å². The fraction of sp³-hybridized carbons (Fsp3) is 0.517. The number of aryl methyl sites for hydroxylation is 1. The second-order valence-corrected chi connectivity index (χ2v) is 9.16. The average molecular weight is 417 g/mol. The van der Waals surface area contributed by atoms with Gasteiger partial charge in [0.2, 0.25) is 0 Å². The summed E-state index contributed by atoms with van der Waals surface area (Å²) in [5.74, 6) is 2.31. The van der Waals surface area contributed by atoms with Crippen LogP contribution in [-0.2, 0) is 6.42 Å². The normalized spacial score (nSPS) is 20.8. The molecule has 0 radical (unpaired) electrons. The highest BCUT2D eigenvalue weighted by Crippen LogP contribution is 2.38. The Morgan fingerprint density at radius 3 is 2.23 bits per heavy atom. The molecule has 1 aliphatic rings. The zero-order valence-corrected chi connectivity index (χ0v) is 19.8. The Morgan fingerprint density at radius 1 is 0.903 bits per heavy atom. The largest absolute Gasteiger partial charge is 0.158 e. The van der Waals surface area contributed by atoms with Crippen LogP contribution in [0.3, 0.4) is 0 Å². The maximum Gasteiger partial charge on any atom is 0.0733 e. The highest BCUT2D eigenvalue weighted by atomic mass is 15.2. The quantitative estimate of drug-likeness (QED) is 0.276. The van der Waals surface area contributed by atoms with Crippen LogP contribution in [0.4, 0.5) is 0 Å². The van der Waals surface area contributed by atoms with E-state index in [1.54, 1.807) is 0 Å². The molecule has 0 aliphatic heterocycles. The highest BCUT2D eigenvalue weighted by Gasteiger charge is 2.29. The SMILES string of the molecule is CCCc1ccc(C=NN=C(c2ccccc2)C2CCC(C(CC)CCC)CC2)cc1. The third-order valence-corrected chi connectivity index (χ3v) is 6.97. The summed E-state index contributed by atoms with van der Waals surface area (Å²) in [4.78, 5) is 0. The van der Waals surface area contributed by atoms with Crippen LogP contribution in [0.1, 0.15) is 88.8 Å². The lowest BCUT2D eigenvalue weighted by atomic mass is 9.72. The second-order valence-electron chi connectivity index (χ2n) is 9.16. The molecule has 1 atom stereocenters. The molecule has 31 heavy (non-hydrogen) atoms. The molecule has 3 rings (SSSR count). The predicted octanol–water partition coefficient (Wildman–Crippen LogP) is 8.10. The fourth-order valence-electron chi connectivity index (χ4n) is 5.21. The zero-order chi connectivity index (χ0) is 21.9. The number of benzene rings is 2. The van der Waals surface area contributed by atoms with E-state index in [4.69, 9.17) is 5.10 Å². The lowest BCUT2D eigenvalue weighted by Gasteiger charge is -2.34. The lowest BCUT2D eigenvalue weighted by molar-refractivity contribution is 0.212. The van der Waals surface area contributed by atoms with Gasteiger partial charge in [0, 0.05) is 5.92 Å². The molecule has 0 N–H and O–H groups in total. The van der Waals surface area contributed by atoms with Crippen LogP contribution < -0.4 is 0 Å². The van der Waals surface area contributed by atoms with Gasteiger partial charge in [0.15, 0.2) is 0 Å². The molecule has 2 nitrogen and oxygen atoms in total. The van der Waals surface area contributed by atoms with E-state index in [1.807, 2.05) is 6.21 Å². The molecular weight excluding hydrogens is 376 g/mol. The average Bonchev–Trinajstić information content (AvgIpc) is 2.82. The van der Waals surface area contributed by atoms with Gasteiger partial charge in [-0.25, -0.2) is 0 Å². The van der Waals surface area contributed by atoms with Crippen molar-refractivity contribution in [2.45, 2.75) is 78.6 Å². The van der Waals surface area contributed by atoms with Crippen LogP contribution in [0.5, 0.6) is 0 Å². The van der Waals surface area contributed by atoms with Crippen LogP contribution in [0.2, 0.25) is 0 Å². The molecular formula is C29H40N2. The zero-order valence-electron chi connectivity index (χ0n) is 19.8. The van der Waals surface area contributed by atoms with Crippen molar-refractivity contribution >= 4 is 11.9 Å². The van der Waals surface area contributed by atoms with E-state index in [-0.39, 0.29) is 0 Å². The molecule has 0 spiro atoms. The van der Waals surface area contributed by atoms with Crippen molar-refractivity contribution in [2.75, 3.05) is 0 Å². The summed E-state index contributed by atoms with van der Waals surface area (Å²) in [7, 11) is 0. The molecule has 2 heteroatoms. The molecule has 0 amide bonds. The van der Waals surface area contributed by atoms with E-state index < -0.39 is 0 Å². The van der Waals surface area contributed by atoms with Gasteiger partial charge in [-0.3, -0.25) is 0 Å². The number of rotatable bonds is 10. The number of hydrogen-bond acceptors (Lipinski definition) is 2. The van der Waals surface area contributed by atoms with E-state index in [1.165, 1.54) is 68.2 Å². The Balaban J connectivity index is 1.72. The predicted molar refractivity (Wildman–Crippen MR) is 135 cm³/mol. The van der Waals surface area contributed by atoms with Crippen molar-refractivity contribution in [3.05, 3.63) is 71.3 Å². The maximum atomic E-state index is 4.78. The first kappa shape index (κ1) is 23.4. The molecule has 0 aromatic heterocycles. The van der Waals surface area contributed by atoms with Crippen molar-refractivity contribution in [3.8, 4) is 0 Å². The molecule has 1 aliphatic carbocycles. The summed E-state index contributed by atoms with van der Waals surface area (Å²) in [5.41, 5.74) is 4.90. The van der Waals surface area contributed by atoms with Crippen molar-refractivity contribution in [1.29, 1.82) is 0 Å². The minimum atomic E-state index is 0.516. The summed E-state index contributed by atoms with van der Waals surface area (Å²) < 4.78 is 0. The van der Waals surface area contributed by atoms with Crippen molar-refractivity contribution in [1.82, 2.24) is 0 Å². The highest BCUT2D eigenvalue weighted by molar-refractivity contribution is 6.02. The van der Waals surface area contributed by atoms with Gasteiger partial charge in [-0.2, -0.15) is 10.2 Å². The monoisotopic (exact) mass is 416 g/mol. The minimum Gasteiger partial charge on any atom is -0.158 e. The topological polar surface area (TPSA) is 24.7 Å². The standard InChI is InChI=1S/C29H40N2/c1-4-10-23-14-16-24(17-15-23)22-30-31-29(27-12-8-7-9-13-27)28-20-18-26(19-21-28)25(6-3)11-5-2/h7-9,12-17,22,25-26,28H,4-6,10-11,18-21H2,1-3H3. The van der Waals surface area contributed by atoms with Gasteiger partial charge in [-0.1, -0.05) is 101 Å². The third-order valence-electron chi connectivity index (χ3n) is 6.97. The Morgan fingerprint density at radius 2 is 1.61 bits per heavy atom.